The first-order valence-electron chi connectivity index (χ1n) is 11.2. The van der Waals surface area contributed by atoms with Crippen LogP contribution in [0.2, 0.25) is 5.02 Å². The van der Waals surface area contributed by atoms with Gasteiger partial charge in [0.05, 0.1) is 42.8 Å². The van der Waals surface area contributed by atoms with Crippen LogP contribution in [-0.2, 0) is 10.3 Å². The Labute approximate surface area is 217 Å². The van der Waals surface area contributed by atoms with Gasteiger partial charge in [-0.05, 0) is 17.7 Å². The second-order valence-corrected chi connectivity index (χ2v) is 8.96. The van der Waals surface area contributed by atoms with Crippen LogP contribution in [0.4, 0.5) is 13.6 Å². The Morgan fingerprint density at radius 3 is 2.51 bits per heavy atom. The fourth-order valence-electron chi connectivity index (χ4n) is 4.86. The number of nitriles is 1. The minimum Gasteiger partial charge on any atom is -0.494 e. The maximum Gasteiger partial charge on any atom is 0.407 e. The number of hydrogen-bond acceptors (Lipinski definition) is 5. The molecule has 0 unspecified atom stereocenters. The summed E-state index contributed by atoms with van der Waals surface area (Å²) >= 11 is 6.48. The van der Waals surface area contributed by atoms with Crippen molar-refractivity contribution in [3.63, 3.8) is 0 Å². The molecule has 0 saturated heterocycles. The van der Waals surface area contributed by atoms with E-state index in [0.717, 1.165) is 11.0 Å². The molecule has 0 bridgehead atoms. The topological polar surface area (TPSA) is 92.0 Å². The van der Waals surface area contributed by atoms with Gasteiger partial charge in [-0.1, -0.05) is 41.9 Å². The van der Waals surface area contributed by atoms with Gasteiger partial charge in [0.15, 0.2) is 17.2 Å². The molecule has 0 aromatic heterocycles. The number of benzene rings is 3. The number of ether oxygens (including phenoxy) is 3. The quantitative estimate of drug-likeness (QED) is 0.417. The monoisotopic (exact) mass is 528 g/mol. The van der Waals surface area contributed by atoms with Gasteiger partial charge < -0.3 is 24.2 Å². The van der Waals surface area contributed by atoms with E-state index in [-0.39, 0.29) is 41.3 Å². The van der Waals surface area contributed by atoms with Crippen molar-refractivity contribution >= 4 is 17.7 Å². The molecule has 0 radical (unpaired) electrons. The molecule has 3 aromatic carbocycles. The molecule has 4 rings (SSSR count). The minimum atomic E-state index is -1.39. The first-order chi connectivity index (χ1) is 17.7. The van der Waals surface area contributed by atoms with Crippen molar-refractivity contribution < 1.29 is 32.9 Å². The highest BCUT2D eigenvalue weighted by molar-refractivity contribution is 6.34. The summed E-state index contributed by atoms with van der Waals surface area (Å²) in [5.41, 5.74) is -0.926. The summed E-state index contributed by atoms with van der Waals surface area (Å²) in [6.45, 7) is -0.183. The number of amides is 1. The van der Waals surface area contributed by atoms with Crippen molar-refractivity contribution in [1.82, 2.24) is 4.90 Å². The Balaban J connectivity index is 2.09. The first-order valence-corrected chi connectivity index (χ1v) is 11.5. The standard InChI is InChI=1S/C27H23ClF2N2O5/c1-32(26(33)34)14-27(16-7-5-4-6-8-16)17(13-35-2)22-20(37-27)11-18(29)24(28)23(22)21-15(12-31)9-10-19(36-3)25(21)30/h4-11,17H,13-14H2,1-3H3,(H,33,34)/t17-,27+/m0/s1. The van der Waals surface area contributed by atoms with Crippen molar-refractivity contribution in [3.8, 4) is 28.7 Å². The molecule has 37 heavy (non-hydrogen) atoms. The largest absolute Gasteiger partial charge is 0.494 e. The number of fused-ring (bicyclic) bond motifs is 1. The summed E-state index contributed by atoms with van der Waals surface area (Å²) in [6, 6.07) is 14.5. The van der Waals surface area contributed by atoms with Crippen LogP contribution in [0.5, 0.6) is 11.5 Å². The molecule has 192 valence electrons. The van der Waals surface area contributed by atoms with E-state index in [2.05, 4.69) is 0 Å². The van der Waals surface area contributed by atoms with Gasteiger partial charge >= 0.3 is 6.09 Å². The number of carbonyl (C=O) groups is 1. The van der Waals surface area contributed by atoms with Crippen molar-refractivity contribution in [1.29, 1.82) is 5.26 Å². The van der Waals surface area contributed by atoms with Gasteiger partial charge in [-0.25, -0.2) is 13.6 Å². The predicted molar refractivity (Wildman–Crippen MR) is 132 cm³/mol. The minimum absolute atomic E-state index is 0.0161. The second-order valence-electron chi connectivity index (χ2n) is 8.58. The average Bonchev–Trinajstić information content (AvgIpc) is 3.19. The lowest BCUT2D eigenvalue weighted by atomic mass is 9.76. The lowest BCUT2D eigenvalue weighted by Crippen LogP contribution is -2.48. The average molecular weight is 529 g/mol. The third kappa shape index (κ3) is 4.32. The molecule has 0 fully saturated rings. The van der Waals surface area contributed by atoms with Gasteiger partial charge in [-0.2, -0.15) is 5.26 Å². The van der Waals surface area contributed by atoms with Crippen molar-refractivity contribution in [2.45, 2.75) is 11.5 Å². The van der Waals surface area contributed by atoms with Gasteiger partial charge in [0.1, 0.15) is 11.6 Å². The van der Waals surface area contributed by atoms with Crippen molar-refractivity contribution in [3.05, 3.63) is 81.9 Å². The molecule has 10 heteroatoms. The molecule has 1 N–H and O–H groups in total. The number of halogens is 3. The smallest absolute Gasteiger partial charge is 0.407 e. The molecule has 2 atom stereocenters. The molecule has 1 aliphatic heterocycles. The van der Waals surface area contributed by atoms with Crippen LogP contribution in [0, 0.1) is 23.0 Å². The summed E-state index contributed by atoms with van der Waals surface area (Å²) < 4.78 is 48.0. The van der Waals surface area contributed by atoms with E-state index in [4.69, 9.17) is 25.8 Å². The number of nitrogens with zero attached hydrogens (tertiary/aromatic N) is 2. The van der Waals surface area contributed by atoms with Crippen LogP contribution in [-0.4, -0.2) is 50.5 Å². The van der Waals surface area contributed by atoms with E-state index >= 15 is 8.78 Å². The van der Waals surface area contributed by atoms with Crippen LogP contribution in [0.1, 0.15) is 22.6 Å². The maximum atomic E-state index is 15.7. The van der Waals surface area contributed by atoms with Gasteiger partial charge in [-0.3, -0.25) is 0 Å². The van der Waals surface area contributed by atoms with Crippen molar-refractivity contribution in [2.75, 3.05) is 34.4 Å². The fourth-order valence-corrected chi connectivity index (χ4v) is 5.11. The molecule has 0 spiro atoms. The number of carboxylic acid groups (broad SMARTS) is 1. The van der Waals surface area contributed by atoms with E-state index in [1.165, 1.54) is 33.4 Å². The van der Waals surface area contributed by atoms with Crippen LogP contribution in [0.15, 0.2) is 48.5 Å². The Hall–Kier alpha value is -3.87. The molecule has 0 aliphatic carbocycles. The molecule has 7 nitrogen and oxygen atoms in total. The lowest BCUT2D eigenvalue weighted by Gasteiger charge is -2.37. The number of rotatable bonds is 7. The summed E-state index contributed by atoms with van der Waals surface area (Å²) in [5.74, 6) is -2.69. The van der Waals surface area contributed by atoms with E-state index in [9.17, 15) is 15.2 Å². The van der Waals surface area contributed by atoms with Crippen LogP contribution >= 0.6 is 11.6 Å². The Morgan fingerprint density at radius 1 is 1.22 bits per heavy atom. The SMILES string of the molecule is COC[C@H]1c2c(cc(F)c(Cl)c2-c2c(C#N)ccc(OC)c2F)O[C@]1(CN(C)C(=O)O)c1ccccc1. The van der Waals surface area contributed by atoms with Gasteiger partial charge in [0.2, 0.25) is 0 Å². The number of likely N-dealkylation sites (N-methyl/N-ethyl adjacent to an activating group) is 1. The molecule has 0 saturated carbocycles. The third-order valence-corrected chi connectivity index (χ3v) is 6.89. The highest BCUT2D eigenvalue weighted by Gasteiger charge is 2.53. The van der Waals surface area contributed by atoms with E-state index in [1.807, 2.05) is 6.07 Å². The van der Waals surface area contributed by atoms with Gasteiger partial charge in [0, 0.05) is 36.9 Å². The molecule has 1 heterocycles. The Kier molecular flexibility index (Phi) is 7.25. The van der Waals surface area contributed by atoms with Crippen LogP contribution in [0.25, 0.3) is 11.1 Å². The second kappa shape index (κ2) is 10.2. The zero-order valence-corrected chi connectivity index (χ0v) is 21.0. The zero-order valence-electron chi connectivity index (χ0n) is 20.2. The van der Waals surface area contributed by atoms with Crippen LogP contribution in [0.3, 0.4) is 0 Å². The van der Waals surface area contributed by atoms with Crippen LogP contribution < -0.4 is 9.47 Å². The number of methoxy groups -OCH3 is 2. The highest BCUT2D eigenvalue weighted by Crippen LogP contribution is 2.57. The summed E-state index contributed by atoms with van der Waals surface area (Å²) in [7, 11) is 4.10. The van der Waals surface area contributed by atoms with E-state index < -0.39 is 34.3 Å². The molecule has 1 amide bonds. The van der Waals surface area contributed by atoms with E-state index in [1.54, 1.807) is 30.3 Å². The van der Waals surface area contributed by atoms with Gasteiger partial charge in [0.25, 0.3) is 0 Å². The van der Waals surface area contributed by atoms with Crippen molar-refractivity contribution in [2.24, 2.45) is 0 Å². The maximum absolute atomic E-state index is 15.7. The zero-order chi connectivity index (χ0) is 26.9. The fraction of sp³-hybridized carbons (Fsp3) is 0.259. The van der Waals surface area contributed by atoms with Gasteiger partial charge in [-0.15, -0.1) is 0 Å². The van der Waals surface area contributed by atoms with E-state index in [0.29, 0.717) is 11.1 Å². The first kappa shape index (κ1) is 26.2. The molecular formula is C27H23ClF2N2O5. The molecular weight excluding hydrogens is 506 g/mol. The number of hydrogen-bond donors (Lipinski definition) is 1. The normalized spacial score (nSPS) is 18.0. The summed E-state index contributed by atoms with van der Waals surface area (Å²) in [4.78, 5) is 12.9. The Morgan fingerprint density at radius 2 is 1.92 bits per heavy atom. The summed E-state index contributed by atoms with van der Waals surface area (Å²) in [5, 5.41) is 19.0. The summed E-state index contributed by atoms with van der Waals surface area (Å²) in [6.07, 6.45) is -1.21. The lowest BCUT2D eigenvalue weighted by molar-refractivity contribution is 0.00739. The molecule has 3 aromatic rings. The Bertz CT molecular complexity index is 1400. The highest BCUT2D eigenvalue weighted by atomic mass is 35.5. The predicted octanol–water partition coefficient (Wildman–Crippen LogP) is 5.79. The molecule has 1 aliphatic rings. The third-order valence-electron chi connectivity index (χ3n) is 6.52.